The summed E-state index contributed by atoms with van der Waals surface area (Å²) in [6.07, 6.45) is 1.55. The average molecular weight is 244 g/mol. The number of ether oxygens (including phenoxy) is 1. The van der Waals surface area contributed by atoms with E-state index in [4.69, 9.17) is 4.74 Å². The van der Waals surface area contributed by atoms with Crippen LogP contribution in [0.5, 0.6) is 5.88 Å². The minimum absolute atomic E-state index is 0.0504. The normalized spacial score (nSPS) is 10.1. The Labute approximate surface area is 104 Å². The summed E-state index contributed by atoms with van der Waals surface area (Å²) < 4.78 is 5.39. The van der Waals surface area contributed by atoms with Gasteiger partial charge in [-0.05, 0) is 18.1 Å². The molecule has 0 aliphatic heterocycles. The van der Waals surface area contributed by atoms with E-state index in [1.807, 2.05) is 30.3 Å². The second kappa shape index (κ2) is 5.27. The first-order valence-corrected chi connectivity index (χ1v) is 5.44. The van der Waals surface area contributed by atoms with Gasteiger partial charge in [0.1, 0.15) is 6.61 Å². The summed E-state index contributed by atoms with van der Waals surface area (Å²) in [5.74, 6) is 0.0504. The van der Waals surface area contributed by atoms with Crippen LogP contribution >= 0.6 is 0 Å². The molecular weight excluding hydrogens is 232 g/mol. The third-order valence-electron chi connectivity index (χ3n) is 2.38. The first-order chi connectivity index (χ1) is 8.66. The van der Waals surface area contributed by atoms with E-state index in [1.165, 1.54) is 6.07 Å². The molecule has 0 aliphatic carbocycles. The zero-order valence-electron chi connectivity index (χ0n) is 9.87. The number of nitro groups is 1. The smallest absolute Gasteiger partial charge is 0.331 e. The van der Waals surface area contributed by atoms with Gasteiger partial charge in [-0.1, -0.05) is 30.3 Å². The van der Waals surface area contributed by atoms with Crippen molar-refractivity contribution in [3.63, 3.8) is 0 Å². The Morgan fingerprint density at radius 1 is 1.33 bits per heavy atom. The number of pyridine rings is 1. The number of nitrogens with zero attached hydrogens (tertiary/aromatic N) is 2. The number of benzene rings is 1. The molecule has 0 fully saturated rings. The minimum atomic E-state index is -0.486. The number of rotatable bonds is 4. The van der Waals surface area contributed by atoms with E-state index < -0.39 is 4.92 Å². The Morgan fingerprint density at radius 3 is 2.72 bits per heavy atom. The molecule has 0 radical (unpaired) electrons. The van der Waals surface area contributed by atoms with Crippen LogP contribution in [0.15, 0.2) is 42.6 Å². The van der Waals surface area contributed by atoms with E-state index in [-0.39, 0.29) is 18.2 Å². The van der Waals surface area contributed by atoms with Crippen LogP contribution in [-0.4, -0.2) is 9.91 Å². The van der Waals surface area contributed by atoms with Crippen molar-refractivity contribution in [2.45, 2.75) is 13.5 Å². The van der Waals surface area contributed by atoms with Gasteiger partial charge >= 0.3 is 5.69 Å². The monoisotopic (exact) mass is 244 g/mol. The van der Waals surface area contributed by atoms with E-state index >= 15 is 0 Å². The second-order valence-corrected chi connectivity index (χ2v) is 3.87. The molecule has 0 spiro atoms. The molecule has 1 heterocycles. The summed E-state index contributed by atoms with van der Waals surface area (Å²) >= 11 is 0. The van der Waals surface area contributed by atoms with Gasteiger partial charge in [-0.25, -0.2) is 4.98 Å². The fourth-order valence-corrected chi connectivity index (χ4v) is 1.51. The van der Waals surface area contributed by atoms with Crippen molar-refractivity contribution in [3.05, 3.63) is 63.8 Å². The topological polar surface area (TPSA) is 65.3 Å². The first-order valence-electron chi connectivity index (χ1n) is 5.44. The summed E-state index contributed by atoms with van der Waals surface area (Å²) in [6, 6.07) is 10.9. The molecule has 92 valence electrons. The van der Waals surface area contributed by atoms with Crippen molar-refractivity contribution in [1.82, 2.24) is 4.98 Å². The molecule has 0 N–H and O–H groups in total. The molecule has 1 aromatic heterocycles. The van der Waals surface area contributed by atoms with Gasteiger partial charge < -0.3 is 4.74 Å². The Bertz CT molecular complexity index is 555. The Morgan fingerprint density at radius 2 is 2.06 bits per heavy atom. The molecule has 18 heavy (non-hydrogen) atoms. The third-order valence-corrected chi connectivity index (χ3v) is 2.38. The van der Waals surface area contributed by atoms with Gasteiger partial charge in [-0.15, -0.1) is 0 Å². The molecule has 5 heteroatoms. The van der Waals surface area contributed by atoms with Gasteiger partial charge in [-0.2, -0.15) is 0 Å². The van der Waals surface area contributed by atoms with Crippen LogP contribution in [-0.2, 0) is 6.61 Å². The van der Waals surface area contributed by atoms with Crippen LogP contribution in [0.3, 0.4) is 0 Å². The van der Waals surface area contributed by atoms with Crippen LogP contribution in [0.25, 0.3) is 0 Å². The SMILES string of the molecule is Cc1cnc(OCc2ccccc2)c([N+](=O)[O-])c1. The van der Waals surface area contributed by atoms with E-state index in [0.717, 1.165) is 11.1 Å². The Hall–Kier alpha value is -2.43. The molecule has 0 aliphatic rings. The summed E-state index contributed by atoms with van der Waals surface area (Å²) in [5, 5.41) is 10.9. The highest BCUT2D eigenvalue weighted by Crippen LogP contribution is 2.25. The fraction of sp³-hybridized carbons (Fsp3) is 0.154. The molecule has 2 aromatic rings. The van der Waals surface area contributed by atoms with E-state index in [1.54, 1.807) is 13.1 Å². The predicted molar refractivity (Wildman–Crippen MR) is 66.4 cm³/mol. The lowest BCUT2D eigenvalue weighted by atomic mass is 10.2. The summed E-state index contributed by atoms with van der Waals surface area (Å²) in [6.45, 7) is 2.01. The highest BCUT2D eigenvalue weighted by atomic mass is 16.6. The van der Waals surface area contributed by atoms with Gasteiger partial charge in [0, 0.05) is 12.3 Å². The summed E-state index contributed by atoms with van der Waals surface area (Å²) in [5.41, 5.74) is 1.56. The fourth-order valence-electron chi connectivity index (χ4n) is 1.51. The van der Waals surface area contributed by atoms with Crippen molar-refractivity contribution >= 4 is 5.69 Å². The number of aromatic nitrogens is 1. The molecule has 0 saturated carbocycles. The number of hydrogen-bond donors (Lipinski definition) is 0. The lowest BCUT2D eigenvalue weighted by molar-refractivity contribution is -0.386. The molecule has 5 nitrogen and oxygen atoms in total. The van der Waals surface area contributed by atoms with Crippen LogP contribution in [0, 0.1) is 17.0 Å². The largest absolute Gasteiger partial charge is 0.468 e. The summed E-state index contributed by atoms with van der Waals surface area (Å²) in [7, 11) is 0. The van der Waals surface area contributed by atoms with Gasteiger partial charge in [0.15, 0.2) is 0 Å². The van der Waals surface area contributed by atoms with Gasteiger partial charge in [0.05, 0.1) is 4.92 Å². The number of hydrogen-bond acceptors (Lipinski definition) is 4. The zero-order chi connectivity index (χ0) is 13.0. The molecule has 0 unspecified atom stereocenters. The maximum atomic E-state index is 10.9. The van der Waals surface area contributed by atoms with Gasteiger partial charge in [0.2, 0.25) is 0 Å². The van der Waals surface area contributed by atoms with Gasteiger partial charge in [0.25, 0.3) is 5.88 Å². The van der Waals surface area contributed by atoms with Gasteiger partial charge in [-0.3, -0.25) is 10.1 Å². The second-order valence-electron chi connectivity index (χ2n) is 3.87. The average Bonchev–Trinajstić information content (AvgIpc) is 2.38. The quantitative estimate of drug-likeness (QED) is 0.612. The molecule has 0 saturated heterocycles. The highest BCUT2D eigenvalue weighted by Gasteiger charge is 2.16. The standard InChI is InChI=1S/C13H12N2O3/c1-10-7-12(15(16)17)13(14-8-10)18-9-11-5-3-2-4-6-11/h2-8H,9H2,1H3. The molecule has 0 atom stereocenters. The Kier molecular flexibility index (Phi) is 3.52. The van der Waals surface area contributed by atoms with Crippen molar-refractivity contribution in [3.8, 4) is 5.88 Å². The lowest BCUT2D eigenvalue weighted by Gasteiger charge is -2.06. The van der Waals surface area contributed by atoms with Crippen molar-refractivity contribution in [2.24, 2.45) is 0 Å². The molecule has 1 aromatic carbocycles. The maximum Gasteiger partial charge on any atom is 0.331 e. The molecule has 0 amide bonds. The van der Waals surface area contributed by atoms with Crippen LogP contribution in [0.4, 0.5) is 5.69 Å². The molecule has 0 bridgehead atoms. The van der Waals surface area contributed by atoms with Crippen molar-refractivity contribution in [2.75, 3.05) is 0 Å². The minimum Gasteiger partial charge on any atom is -0.468 e. The van der Waals surface area contributed by atoms with Crippen LogP contribution < -0.4 is 4.74 Å². The summed E-state index contributed by atoms with van der Waals surface area (Å²) in [4.78, 5) is 14.3. The van der Waals surface area contributed by atoms with Crippen LogP contribution in [0.2, 0.25) is 0 Å². The molecular formula is C13H12N2O3. The van der Waals surface area contributed by atoms with Crippen LogP contribution in [0.1, 0.15) is 11.1 Å². The zero-order valence-corrected chi connectivity index (χ0v) is 9.87. The van der Waals surface area contributed by atoms with Crippen molar-refractivity contribution in [1.29, 1.82) is 0 Å². The highest BCUT2D eigenvalue weighted by molar-refractivity contribution is 5.42. The number of aryl methyl sites for hydroxylation is 1. The molecule has 2 rings (SSSR count). The Balaban J connectivity index is 2.17. The first kappa shape index (κ1) is 12.0. The van der Waals surface area contributed by atoms with E-state index in [2.05, 4.69) is 4.98 Å². The van der Waals surface area contributed by atoms with E-state index in [9.17, 15) is 10.1 Å². The lowest BCUT2D eigenvalue weighted by Crippen LogP contribution is -2.01. The predicted octanol–water partition coefficient (Wildman–Crippen LogP) is 2.88. The maximum absolute atomic E-state index is 10.9. The van der Waals surface area contributed by atoms with Crippen molar-refractivity contribution < 1.29 is 9.66 Å². The van der Waals surface area contributed by atoms with E-state index in [0.29, 0.717) is 0 Å². The third kappa shape index (κ3) is 2.82.